The molecule has 0 unspecified atom stereocenters. The van der Waals surface area contributed by atoms with Crippen LogP contribution in [-0.4, -0.2) is 0 Å². The molecule has 12 heavy (non-hydrogen) atoms. The third-order valence-electron chi connectivity index (χ3n) is 1.80. The lowest BCUT2D eigenvalue weighted by Gasteiger charge is -2.09. The predicted octanol–water partition coefficient (Wildman–Crippen LogP) is 2.17. The van der Waals surface area contributed by atoms with Crippen LogP contribution in [0.3, 0.4) is 0 Å². The maximum Gasteiger partial charge on any atom is 0.0517 e. The minimum absolute atomic E-state index is 0.666. The van der Waals surface area contributed by atoms with Crippen LogP contribution in [0.1, 0.15) is 19.4 Å². The molecule has 0 aliphatic heterocycles. The largest absolute Gasteiger partial charge is 0.324 e. The van der Waals surface area contributed by atoms with E-state index in [1.54, 1.807) is 0 Å². The van der Waals surface area contributed by atoms with E-state index in [9.17, 15) is 0 Å². The Morgan fingerprint density at radius 1 is 1.33 bits per heavy atom. The molecule has 0 amide bonds. The zero-order valence-electron chi connectivity index (χ0n) is 7.67. The van der Waals surface area contributed by atoms with E-state index in [-0.39, 0.29) is 0 Å². The van der Waals surface area contributed by atoms with Crippen LogP contribution in [0.4, 0.5) is 5.69 Å². The lowest BCUT2D eigenvalue weighted by atomic mass is 10.0. The second kappa shape index (κ2) is 4.12. The summed E-state index contributed by atoms with van der Waals surface area (Å²) in [6.45, 7) is 4.40. The molecule has 1 aromatic rings. The number of para-hydroxylation sites is 1. The summed E-state index contributed by atoms with van der Waals surface area (Å²) in [5.41, 5.74) is 5.02. The summed E-state index contributed by atoms with van der Waals surface area (Å²) >= 11 is 0. The van der Waals surface area contributed by atoms with Crippen LogP contribution in [0, 0.1) is 5.92 Å². The number of nitrogen functional groups attached to an aromatic ring is 1. The number of anilines is 1. The first kappa shape index (κ1) is 9.07. The lowest BCUT2D eigenvalue weighted by molar-refractivity contribution is 0.648. The molecule has 0 heterocycles. The van der Waals surface area contributed by atoms with Crippen LogP contribution in [0.15, 0.2) is 24.3 Å². The Kier molecular flexibility index (Phi) is 3.11. The van der Waals surface area contributed by atoms with E-state index in [2.05, 4.69) is 25.3 Å². The monoisotopic (exact) mass is 164 g/mol. The van der Waals surface area contributed by atoms with Gasteiger partial charge in [-0.3, -0.25) is 5.84 Å². The van der Waals surface area contributed by atoms with Crippen molar-refractivity contribution in [1.29, 1.82) is 0 Å². The molecule has 0 spiro atoms. The van der Waals surface area contributed by atoms with Crippen molar-refractivity contribution < 1.29 is 0 Å². The summed E-state index contributed by atoms with van der Waals surface area (Å²) in [5, 5.41) is 0. The lowest BCUT2D eigenvalue weighted by Crippen LogP contribution is -2.09. The Morgan fingerprint density at radius 3 is 2.58 bits per heavy atom. The van der Waals surface area contributed by atoms with Crippen molar-refractivity contribution in [2.75, 3.05) is 5.43 Å². The van der Waals surface area contributed by atoms with Crippen LogP contribution in [0.5, 0.6) is 0 Å². The molecule has 1 rings (SSSR count). The van der Waals surface area contributed by atoms with Crippen LogP contribution >= 0.6 is 0 Å². The normalized spacial score (nSPS) is 10.3. The SMILES string of the molecule is CC(C)Cc1ccccc1NN. The molecule has 0 aliphatic rings. The Bertz CT molecular complexity index is 243. The zero-order chi connectivity index (χ0) is 8.97. The predicted molar refractivity (Wildman–Crippen MR) is 52.8 cm³/mol. The minimum atomic E-state index is 0.666. The molecule has 0 aromatic heterocycles. The average molecular weight is 164 g/mol. The third kappa shape index (κ3) is 2.24. The van der Waals surface area contributed by atoms with Crippen LogP contribution in [0.25, 0.3) is 0 Å². The maximum atomic E-state index is 5.38. The first-order chi connectivity index (χ1) is 5.74. The van der Waals surface area contributed by atoms with E-state index >= 15 is 0 Å². The van der Waals surface area contributed by atoms with Gasteiger partial charge in [-0.25, -0.2) is 0 Å². The quantitative estimate of drug-likeness (QED) is 0.530. The van der Waals surface area contributed by atoms with Gasteiger partial charge in [0.15, 0.2) is 0 Å². The van der Waals surface area contributed by atoms with Crippen LogP contribution < -0.4 is 11.3 Å². The van der Waals surface area contributed by atoms with Gasteiger partial charge in [0.1, 0.15) is 0 Å². The highest BCUT2D eigenvalue weighted by atomic mass is 15.2. The molecule has 2 heteroatoms. The van der Waals surface area contributed by atoms with Gasteiger partial charge < -0.3 is 5.43 Å². The van der Waals surface area contributed by atoms with Crippen molar-refractivity contribution in [3.05, 3.63) is 29.8 Å². The zero-order valence-corrected chi connectivity index (χ0v) is 7.67. The van der Waals surface area contributed by atoms with Gasteiger partial charge in [-0.2, -0.15) is 0 Å². The molecule has 0 aliphatic carbocycles. The molecule has 0 saturated heterocycles. The number of nitrogens with two attached hydrogens (primary N) is 1. The Balaban J connectivity index is 2.82. The summed E-state index contributed by atoms with van der Waals surface area (Å²) in [5.74, 6) is 6.04. The Morgan fingerprint density at radius 2 is 2.00 bits per heavy atom. The van der Waals surface area contributed by atoms with E-state index < -0.39 is 0 Å². The molecular formula is C10H16N2. The third-order valence-corrected chi connectivity index (χ3v) is 1.80. The molecular weight excluding hydrogens is 148 g/mol. The van der Waals surface area contributed by atoms with Gasteiger partial charge in [-0.1, -0.05) is 32.0 Å². The highest BCUT2D eigenvalue weighted by Crippen LogP contribution is 2.17. The molecule has 2 nitrogen and oxygen atoms in total. The van der Waals surface area contributed by atoms with Crippen molar-refractivity contribution in [3.63, 3.8) is 0 Å². The summed E-state index contributed by atoms with van der Waals surface area (Å²) in [6, 6.07) is 8.13. The second-order valence-electron chi connectivity index (χ2n) is 3.40. The van der Waals surface area contributed by atoms with Gasteiger partial charge in [-0.15, -0.1) is 0 Å². The summed E-state index contributed by atoms with van der Waals surface area (Å²) in [6.07, 6.45) is 1.07. The summed E-state index contributed by atoms with van der Waals surface area (Å²) < 4.78 is 0. The van der Waals surface area contributed by atoms with E-state index in [1.165, 1.54) is 5.56 Å². The smallest absolute Gasteiger partial charge is 0.0517 e. The van der Waals surface area contributed by atoms with Gasteiger partial charge in [0.05, 0.1) is 5.69 Å². The molecule has 0 atom stereocenters. The van der Waals surface area contributed by atoms with Gasteiger partial charge >= 0.3 is 0 Å². The molecule has 0 bridgehead atoms. The number of hydrazine groups is 1. The number of hydrogen-bond donors (Lipinski definition) is 2. The Hall–Kier alpha value is -1.02. The minimum Gasteiger partial charge on any atom is -0.324 e. The van der Waals surface area contributed by atoms with Crippen molar-refractivity contribution >= 4 is 5.69 Å². The highest BCUT2D eigenvalue weighted by Gasteiger charge is 2.01. The fourth-order valence-corrected chi connectivity index (χ4v) is 1.28. The number of benzene rings is 1. The van der Waals surface area contributed by atoms with Crippen molar-refractivity contribution in [3.8, 4) is 0 Å². The molecule has 0 fully saturated rings. The van der Waals surface area contributed by atoms with Crippen molar-refractivity contribution in [2.24, 2.45) is 11.8 Å². The fourth-order valence-electron chi connectivity index (χ4n) is 1.28. The van der Waals surface area contributed by atoms with E-state index in [1.807, 2.05) is 18.2 Å². The van der Waals surface area contributed by atoms with Gasteiger partial charge in [0.2, 0.25) is 0 Å². The van der Waals surface area contributed by atoms with Crippen molar-refractivity contribution in [2.45, 2.75) is 20.3 Å². The first-order valence-electron chi connectivity index (χ1n) is 4.28. The maximum absolute atomic E-state index is 5.38. The molecule has 66 valence electrons. The number of nitrogens with one attached hydrogen (secondary N) is 1. The van der Waals surface area contributed by atoms with Crippen LogP contribution in [0.2, 0.25) is 0 Å². The van der Waals surface area contributed by atoms with Crippen molar-refractivity contribution in [1.82, 2.24) is 0 Å². The fraction of sp³-hybridized carbons (Fsp3) is 0.400. The topological polar surface area (TPSA) is 38.0 Å². The first-order valence-corrected chi connectivity index (χ1v) is 4.28. The molecule has 3 N–H and O–H groups in total. The van der Waals surface area contributed by atoms with E-state index in [0.717, 1.165) is 12.1 Å². The summed E-state index contributed by atoms with van der Waals surface area (Å²) in [7, 11) is 0. The average Bonchev–Trinajstić information content (AvgIpc) is 2.04. The van der Waals surface area contributed by atoms with E-state index in [4.69, 9.17) is 5.84 Å². The summed E-state index contributed by atoms with van der Waals surface area (Å²) in [4.78, 5) is 0. The molecule has 0 saturated carbocycles. The van der Waals surface area contributed by atoms with Gasteiger partial charge in [-0.05, 0) is 24.0 Å². The number of hydrogen-bond acceptors (Lipinski definition) is 2. The van der Waals surface area contributed by atoms with E-state index in [0.29, 0.717) is 5.92 Å². The highest BCUT2D eigenvalue weighted by molar-refractivity contribution is 5.50. The molecule has 1 aromatic carbocycles. The number of rotatable bonds is 3. The molecule has 0 radical (unpaired) electrons. The van der Waals surface area contributed by atoms with Gasteiger partial charge in [0, 0.05) is 0 Å². The second-order valence-corrected chi connectivity index (χ2v) is 3.40. The van der Waals surface area contributed by atoms with Gasteiger partial charge in [0.25, 0.3) is 0 Å². The standard InChI is InChI=1S/C10H16N2/c1-8(2)7-9-5-3-4-6-10(9)12-11/h3-6,8,12H,7,11H2,1-2H3. The Labute approximate surface area is 73.8 Å². The van der Waals surface area contributed by atoms with Crippen LogP contribution in [-0.2, 0) is 6.42 Å².